The molecule has 2 aromatic carbocycles. The number of nitrogens with zero attached hydrogens (tertiary/aromatic N) is 1. The monoisotopic (exact) mass is 583 g/mol. The number of rotatable bonds is 8. The lowest BCUT2D eigenvalue weighted by atomic mass is 9.79. The van der Waals surface area contributed by atoms with Gasteiger partial charge in [-0.05, 0) is 73.6 Å². The highest BCUT2D eigenvalue weighted by Gasteiger charge is 2.41. The lowest BCUT2D eigenvalue weighted by molar-refractivity contribution is -0.145. The van der Waals surface area contributed by atoms with Gasteiger partial charge in [-0.2, -0.15) is 39.5 Å². The van der Waals surface area contributed by atoms with Crippen molar-refractivity contribution in [3.05, 3.63) is 70.3 Å². The quantitative estimate of drug-likeness (QED) is 0.230. The smallest absolute Gasteiger partial charge is 0.416 e. The molecule has 0 saturated carbocycles. The van der Waals surface area contributed by atoms with Crippen molar-refractivity contribution in [3.8, 4) is 0 Å². The predicted molar refractivity (Wildman–Crippen MR) is 129 cm³/mol. The van der Waals surface area contributed by atoms with Crippen LogP contribution in [0.2, 0.25) is 0 Å². The zero-order chi connectivity index (χ0) is 29.9. The molecule has 1 fully saturated rings. The SMILES string of the molecule is CCC[C@H]1C[C@H](CC(=O)OCC)C[C@H](c2ccc(C(F)(F)F)cc2)N1Cc1cc(C(F)(F)F)ccc1C(F)(F)F. The molecule has 12 heteroatoms. The van der Waals surface area contributed by atoms with E-state index >= 15 is 0 Å². The standard InChI is InChI=1S/C28H30F9NO2/c1-3-5-22-12-17(14-25(39)40-4-2)13-24(18-6-8-20(9-7-18)26(29,30)31)38(22)16-19-15-21(27(32,33)34)10-11-23(19)28(35,36)37/h6-11,15,17,22,24H,3-5,12-14,16H2,1-2H3/t17-,22-,24+/m0/s1. The Balaban J connectivity index is 2.10. The number of likely N-dealkylation sites (tertiary alicyclic amines) is 1. The van der Waals surface area contributed by atoms with Gasteiger partial charge in [0.25, 0.3) is 0 Å². The van der Waals surface area contributed by atoms with Crippen molar-refractivity contribution >= 4 is 5.97 Å². The molecule has 222 valence electrons. The highest BCUT2D eigenvalue weighted by Crippen LogP contribution is 2.44. The van der Waals surface area contributed by atoms with Gasteiger partial charge in [0, 0.05) is 25.0 Å². The second-order valence-corrected chi connectivity index (χ2v) is 9.96. The molecule has 3 atom stereocenters. The van der Waals surface area contributed by atoms with Crippen molar-refractivity contribution < 1.29 is 49.0 Å². The van der Waals surface area contributed by atoms with Crippen molar-refractivity contribution in [2.45, 2.75) is 83.1 Å². The minimum absolute atomic E-state index is 0.0103. The first-order valence-electron chi connectivity index (χ1n) is 12.9. The Morgan fingerprint density at radius 1 is 0.850 bits per heavy atom. The number of alkyl halides is 9. The van der Waals surface area contributed by atoms with Crippen LogP contribution in [0.15, 0.2) is 42.5 Å². The Morgan fingerprint density at radius 3 is 1.98 bits per heavy atom. The summed E-state index contributed by atoms with van der Waals surface area (Å²) < 4.78 is 127. The number of piperidine rings is 1. The molecule has 0 radical (unpaired) electrons. The summed E-state index contributed by atoms with van der Waals surface area (Å²) in [4.78, 5) is 13.9. The third-order valence-electron chi connectivity index (χ3n) is 7.13. The van der Waals surface area contributed by atoms with Crippen LogP contribution in [0.25, 0.3) is 0 Å². The normalized spacial score (nSPS) is 20.9. The molecular weight excluding hydrogens is 553 g/mol. The summed E-state index contributed by atoms with van der Waals surface area (Å²) in [6.45, 7) is 3.11. The number of carbonyl (C=O) groups excluding carboxylic acids is 1. The third kappa shape index (κ3) is 7.92. The topological polar surface area (TPSA) is 29.5 Å². The van der Waals surface area contributed by atoms with Gasteiger partial charge in [-0.3, -0.25) is 9.69 Å². The van der Waals surface area contributed by atoms with Gasteiger partial charge in [-0.15, -0.1) is 0 Å². The summed E-state index contributed by atoms with van der Waals surface area (Å²) in [7, 11) is 0. The fourth-order valence-corrected chi connectivity index (χ4v) is 5.40. The molecule has 0 aliphatic carbocycles. The maximum Gasteiger partial charge on any atom is 0.416 e. The Bertz CT molecular complexity index is 1140. The van der Waals surface area contributed by atoms with Gasteiger partial charge >= 0.3 is 24.5 Å². The molecule has 0 unspecified atom stereocenters. The zero-order valence-electron chi connectivity index (χ0n) is 21.9. The molecule has 1 aliphatic rings. The second-order valence-electron chi connectivity index (χ2n) is 9.96. The molecule has 0 bridgehead atoms. The van der Waals surface area contributed by atoms with Crippen LogP contribution in [0.3, 0.4) is 0 Å². The minimum Gasteiger partial charge on any atom is -0.466 e. The van der Waals surface area contributed by atoms with Crippen LogP contribution in [0.4, 0.5) is 39.5 Å². The van der Waals surface area contributed by atoms with Gasteiger partial charge < -0.3 is 4.74 Å². The van der Waals surface area contributed by atoms with Crippen LogP contribution in [0.5, 0.6) is 0 Å². The molecule has 3 nitrogen and oxygen atoms in total. The maximum absolute atomic E-state index is 13.9. The highest BCUT2D eigenvalue weighted by molar-refractivity contribution is 5.69. The molecule has 1 aliphatic heterocycles. The summed E-state index contributed by atoms with van der Waals surface area (Å²) in [6, 6.07) is 4.28. The number of benzene rings is 2. The van der Waals surface area contributed by atoms with E-state index in [9.17, 15) is 44.3 Å². The number of halogens is 9. The lowest BCUT2D eigenvalue weighted by Gasteiger charge is -2.46. The number of carbonyl (C=O) groups is 1. The predicted octanol–water partition coefficient (Wildman–Crippen LogP) is 8.82. The summed E-state index contributed by atoms with van der Waals surface area (Å²) in [5, 5.41) is 0. The first kappa shape index (κ1) is 31.8. The fraction of sp³-hybridized carbons (Fsp3) is 0.536. The molecule has 1 heterocycles. The van der Waals surface area contributed by atoms with E-state index in [1.54, 1.807) is 11.8 Å². The molecule has 40 heavy (non-hydrogen) atoms. The van der Waals surface area contributed by atoms with E-state index in [0.29, 0.717) is 43.0 Å². The van der Waals surface area contributed by atoms with E-state index in [4.69, 9.17) is 4.74 Å². The van der Waals surface area contributed by atoms with Gasteiger partial charge in [-0.1, -0.05) is 25.5 Å². The van der Waals surface area contributed by atoms with Gasteiger partial charge in [0.05, 0.1) is 23.3 Å². The Morgan fingerprint density at radius 2 is 1.45 bits per heavy atom. The van der Waals surface area contributed by atoms with Crippen LogP contribution in [0, 0.1) is 5.92 Å². The number of esters is 1. The molecule has 1 saturated heterocycles. The van der Waals surface area contributed by atoms with Crippen molar-refractivity contribution in [1.82, 2.24) is 4.90 Å². The molecule has 3 rings (SSSR count). The van der Waals surface area contributed by atoms with Crippen molar-refractivity contribution in [2.24, 2.45) is 5.92 Å². The average molecular weight is 584 g/mol. The van der Waals surface area contributed by atoms with Crippen LogP contribution < -0.4 is 0 Å². The van der Waals surface area contributed by atoms with E-state index in [-0.39, 0.29) is 25.4 Å². The lowest BCUT2D eigenvalue weighted by Crippen LogP contribution is -2.45. The van der Waals surface area contributed by atoms with E-state index in [0.717, 1.165) is 12.1 Å². The largest absolute Gasteiger partial charge is 0.466 e. The van der Waals surface area contributed by atoms with E-state index in [1.807, 2.05) is 6.92 Å². The van der Waals surface area contributed by atoms with Gasteiger partial charge in [0.2, 0.25) is 0 Å². The van der Waals surface area contributed by atoms with Crippen LogP contribution in [-0.4, -0.2) is 23.5 Å². The van der Waals surface area contributed by atoms with Gasteiger partial charge in [0.1, 0.15) is 0 Å². The highest BCUT2D eigenvalue weighted by atomic mass is 19.4. The fourth-order valence-electron chi connectivity index (χ4n) is 5.40. The van der Waals surface area contributed by atoms with Crippen LogP contribution >= 0.6 is 0 Å². The summed E-state index contributed by atoms with van der Waals surface area (Å²) >= 11 is 0. The average Bonchev–Trinajstić information content (AvgIpc) is 2.84. The molecule has 0 amide bonds. The van der Waals surface area contributed by atoms with E-state index < -0.39 is 65.4 Å². The van der Waals surface area contributed by atoms with Gasteiger partial charge in [-0.25, -0.2) is 0 Å². The zero-order valence-corrected chi connectivity index (χ0v) is 21.9. The Hall–Kier alpha value is -2.76. The molecule has 0 N–H and O–H groups in total. The van der Waals surface area contributed by atoms with Crippen molar-refractivity contribution in [3.63, 3.8) is 0 Å². The van der Waals surface area contributed by atoms with Crippen molar-refractivity contribution in [1.29, 1.82) is 0 Å². The molecule has 0 spiro atoms. The number of hydrogen-bond donors (Lipinski definition) is 0. The number of hydrogen-bond acceptors (Lipinski definition) is 3. The minimum atomic E-state index is -4.92. The Labute approximate surface area is 226 Å². The third-order valence-corrected chi connectivity index (χ3v) is 7.13. The van der Waals surface area contributed by atoms with E-state index in [1.165, 1.54) is 12.1 Å². The maximum atomic E-state index is 13.9. The second kappa shape index (κ2) is 12.4. The van der Waals surface area contributed by atoms with Crippen molar-refractivity contribution in [2.75, 3.05) is 6.61 Å². The first-order valence-corrected chi connectivity index (χ1v) is 12.9. The van der Waals surface area contributed by atoms with E-state index in [2.05, 4.69) is 0 Å². The summed E-state index contributed by atoms with van der Waals surface area (Å²) in [5.41, 5.74) is -3.57. The molecular formula is C28H30F9NO2. The van der Waals surface area contributed by atoms with Gasteiger partial charge in [0.15, 0.2) is 0 Å². The summed E-state index contributed by atoms with van der Waals surface area (Å²) in [6.07, 6.45) is -12.8. The van der Waals surface area contributed by atoms with Crippen LogP contribution in [-0.2, 0) is 34.6 Å². The Kier molecular flexibility index (Phi) is 9.85. The number of ether oxygens (including phenoxy) is 1. The summed E-state index contributed by atoms with van der Waals surface area (Å²) in [5.74, 6) is -0.762. The first-order chi connectivity index (χ1) is 18.5. The molecule has 0 aromatic heterocycles. The van der Waals surface area contributed by atoms with Crippen LogP contribution in [0.1, 0.15) is 79.8 Å². The molecule has 2 aromatic rings.